The SMILES string of the molecule is Clc1ccnc2c1ccn2Cc1ccccc1. The van der Waals surface area contributed by atoms with E-state index in [2.05, 4.69) is 21.7 Å². The lowest BCUT2D eigenvalue weighted by Gasteiger charge is -2.04. The molecule has 1 aromatic carbocycles. The summed E-state index contributed by atoms with van der Waals surface area (Å²) < 4.78 is 2.11. The molecule has 3 aromatic rings. The maximum absolute atomic E-state index is 6.12. The molecule has 0 saturated heterocycles. The first kappa shape index (κ1) is 10.4. The summed E-state index contributed by atoms with van der Waals surface area (Å²) in [5.41, 5.74) is 2.19. The highest BCUT2D eigenvalue weighted by Crippen LogP contribution is 2.22. The topological polar surface area (TPSA) is 17.8 Å². The number of halogens is 1. The fourth-order valence-electron chi connectivity index (χ4n) is 1.97. The van der Waals surface area contributed by atoms with Crippen molar-refractivity contribution in [3.05, 3.63) is 65.4 Å². The smallest absolute Gasteiger partial charge is 0.141 e. The normalized spacial score (nSPS) is 10.9. The number of rotatable bonds is 2. The molecular weight excluding hydrogens is 232 g/mol. The second kappa shape index (κ2) is 4.22. The van der Waals surface area contributed by atoms with Crippen LogP contribution in [0.5, 0.6) is 0 Å². The van der Waals surface area contributed by atoms with Crippen LogP contribution in [0.3, 0.4) is 0 Å². The standard InChI is InChI=1S/C14H11ClN2/c15-13-6-8-16-14-12(13)7-9-17(14)10-11-4-2-1-3-5-11/h1-9H,10H2. The average Bonchev–Trinajstić information content (AvgIpc) is 2.76. The van der Waals surface area contributed by atoms with Crippen molar-refractivity contribution in [2.45, 2.75) is 6.54 Å². The van der Waals surface area contributed by atoms with Gasteiger partial charge in [0.2, 0.25) is 0 Å². The Morgan fingerprint density at radius 1 is 1.06 bits per heavy atom. The van der Waals surface area contributed by atoms with Gasteiger partial charge in [0.05, 0.1) is 5.02 Å². The molecule has 2 aromatic heterocycles. The summed E-state index contributed by atoms with van der Waals surface area (Å²) in [5, 5.41) is 1.76. The van der Waals surface area contributed by atoms with Crippen LogP contribution < -0.4 is 0 Å². The number of hydrogen-bond donors (Lipinski definition) is 0. The highest BCUT2D eigenvalue weighted by Gasteiger charge is 2.05. The fourth-order valence-corrected chi connectivity index (χ4v) is 2.17. The second-order valence-electron chi connectivity index (χ2n) is 3.96. The highest BCUT2D eigenvalue weighted by atomic mass is 35.5. The molecule has 2 heterocycles. The summed E-state index contributed by atoms with van der Waals surface area (Å²) in [7, 11) is 0. The van der Waals surface area contributed by atoms with Gasteiger partial charge in [-0.1, -0.05) is 41.9 Å². The quantitative estimate of drug-likeness (QED) is 0.669. The first-order valence-electron chi connectivity index (χ1n) is 5.48. The van der Waals surface area contributed by atoms with Crippen LogP contribution >= 0.6 is 11.6 Å². The maximum Gasteiger partial charge on any atom is 0.141 e. The van der Waals surface area contributed by atoms with E-state index in [1.54, 1.807) is 6.20 Å². The Kier molecular flexibility index (Phi) is 2.57. The summed E-state index contributed by atoms with van der Waals surface area (Å²) in [6.45, 7) is 0.817. The van der Waals surface area contributed by atoms with Crippen LogP contribution in [0, 0.1) is 0 Å². The van der Waals surface area contributed by atoms with Gasteiger partial charge in [-0.3, -0.25) is 0 Å². The van der Waals surface area contributed by atoms with Crippen LogP contribution in [-0.2, 0) is 6.54 Å². The van der Waals surface area contributed by atoms with Crippen LogP contribution in [-0.4, -0.2) is 9.55 Å². The highest BCUT2D eigenvalue weighted by molar-refractivity contribution is 6.35. The molecule has 0 bridgehead atoms. The van der Waals surface area contributed by atoms with Crippen molar-refractivity contribution in [2.24, 2.45) is 0 Å². The van der Waals surface area contributed by atoms with Gasteiger partial charge in [0, 0.05) is 24.3 Å². The van der Waals surface area contributed by atoms with E-state index in [-0.39, 0.29) is 0 Å². The molecule has 17 heavy (non-hydrogen) atoms. The Hall–Kier alpha value is -1.80. The Morgan fingerprint density at radius 2 is 1.88 bits per heavy atom. The third-order valence-electron chi connectivity index (χ3n) is 2.80. The van der Waals surface area contributed by atoms with Crippen LogP contribution in [0.4, 0.5) is 0 Å². The van der Waals surface area contributed by atoms with Gasteiger partial charge in [0.1, 0.15) is 5.65 Å². The van der Waals surface area contributed by atoms with E-state index in [1.165, 1.54) is 5.56 Å². The molecule has 0 saturated carbocycles. The Balaban J connectivity index is 2.05. The predicted molar refractivity (Wildman–Crippen MR) is 70.3 cm³/mol. The van der Waals surface area contributed by atoms with E-state index in [9.17, 15) is 0 Å². The molecule has 2 nitrogen and oxygen atoms in total. The molecule has 0 atom stereocenters. The summed E-state index contributed by atoms with van der Waals surface area (Å²) in [6, 6.07) is 14.1. The average molecular weight is 243 g/mol. The van der Waals surface area contributed by atoms with Crippen LogP contribution in [0.1, 0.15) is 5.56 Å². The van der Waals surface area contributed by atoms with Crippen LogP contribution in [0.2, 0.25) is 5.02 Å². The Morgan fingerprint density at radius 3 is 2.71 bits per heavy atom. The van der Waals surface area contributed by atoms with Gasteiger partial charge in [-0.25, -0.2) is 4.98 Å². The minimum atomic E-state index is 0.752. The summed E-state index contributed by atoms with van der Waals surface area (Å²) in [4.78, 5) is 4.38. The third-order valence-corrected chi connectivity index (χ3v) is 3.13. The monoisotopic (exact) mass is 242 g/mol. The lowest BCUT2D eigenvalue weighted by atomic mass is 10.2. The first-order valence-corrected chi connectivity index (χ1v) is 5.86. The van der Waals surface area contributed by atoms with E-state index in [0.717, 1.165) is 22.6 Å². The van der Waals surface area contributed by atoms with Crippen molar-refractivity contribution in [2.75, 3.05) is 0 Å². The minimum Gasteiger partial charge on any atom is -0.328 e. The van der Waals surface area contributed by atoms with Crippen LogP contribution in [0.25, 0.3) is 11.0 Å². The van der Waals surface area contributed by atoms with E-state index in [0.29, 0.717) is 0 Å². The summed E-state index contributed by atoms with van der Waals surface area (Å²) in [6.07, 6.45) is 3.77. The lowest BCUT2D eigenvalue weighted by Crippen LogP contribution is -1.98. The van der Waals surface area contributed by atoms with Gasteiger partial charge < -0.3 is 4.57 Å². The van der Waals surface area contributed by atoms with Crippen molar-refractivity contribution < 1.29 is 0 Å². The van der Waals surface area contributed by atoms with Crippen molar-refractivity contribution in [3.63, 3.8) is 0 Å². The molecule has 3 heteroatoms. The number of nitrogens with zero attached hydrogens (tertiary/aromatic N) is 2. The number of benzene rings is 1. The molecular formula is C14H11ClN2. The number of hydrogen-bond acceptors (Lipinski definition) is 1. The number of aromatic nitrogens is 2. The zero-order valence-electron chi connectivity index (χ0n) is 9.18. The largest absolute Gasteiger partial charge is 0.328 e. The molecule has 0 aliphatic rings. The molecule has 0 N–H and O–H groups in total. The predicted octanol–water partition coefficient (Wildman–Crippen LogP) is 3.74. The minimum absolute atomic E-state index is 0.752. The number of fused-ring (bicyclic) bond motifs is 1. The molecule has 0 fully saturated rings. The van der Waals surface area contributed by atoms with E-state index >= 15 is 0 Å². The molecule has 0 aliphatic heterocycles. The molecule has 0 aliphatic carbocycles. The molecule has 0 radical (unpaired) electrons. The first-order chi connectivity index (χ1) is 8.34. The van der Waals surface area contributed by atoms with Crippen molar-refractivity contribution in [1.82, 2.24) is 9.55 Å². The van der Waals surface area contributed by atoms with E-state index < -0.39 is 0 Å². The Bertz CT molecular complexity index is 644. The molecule has 0 unspecified atom stereocenters. The maximum atomic E-state index is 6.12. The second-order valence-corrected chi connectivity index (χ2v) is 4.37. The Labute approximate surface area is 104 Å². The van der Waals surface area contributed by atoms with E-state index in [4.69, 9.17) is 11.6 Å². The summed E-state index contributed by atoms with van der Waals surface area (Å²) in [5.74, 6) is 0. The van der Waals surface area contributed by atoms with Gasteiger partial charge in [0.25, 0.3) is 0 Å². The van der Waals surface area contributed by atoms with Crippen LogP contribution in [0.15, 0.2) is 54.9 Å². The van der Waals surface area contributed by atoms with Gasteiger partial charge in [-0.2, -0.15) is 0 Å². The van der Waals surface area contributed by atoms with Gasteiger partial charge in [-0.05, 0) is 17.7 Å². The van der Waals surface area contributed by atoms with E-state index in [1.807, 2.05) is 36.5 Å². The summed E-state index contributed by atoms with van der Waals surface area (Å²) >= 11 is 6.12. The molecule has 0 spiro atoms. The van der Waals surface area contributed by atoms with Gasteiger partial charge in [-0.15, -0.1) is 0 Å². The van der Waals surface area contributed by atoms with Crippen molar-refractivity contribution in [3.8, 4) is 0 Å². The number of pyridine rings is 1. The van der Waals surface area contributed by atoms with Gasteiger partial charge in [0.15, 0.2) is 0 Å². The van der Waals surface area contributed by atoms with Crippen molar-refractivity contribution in [1.29, 1.82) is 0 Å². The lowest BCUT2D eigenvalue weighted by molar-refractivity contribution is 0.825. The third kappa shape index (κ3) is 1.92. The van der Waals surface area contributed by atoms with Gasteiger partial charge >= 0.3 is 0 Å². The zero-order chi connectivity index (χ0) is 11.7. The fraction of sp³-hybridized carbons (Fsp3) is 0.0714. The van der Waals surface area contributed by atoms with Crippen molar-refractivity contribution >= 4 is 22.6 Å². The molecule has 84 valence electrons. The molecule has 3 rings (SSSR count). The zero-order valence-corrected chi connectivity index (χ0v) is 9.93. The molecule has 0 amide bonds.